The van der Waals surface area contributed by atoms with Gasteiger partial charge in [-0.05, 0) is 26.3 Å². The highest BCUT2D eigenvalue weighted by atomic mass is 19.1. The van der Waals surface area contributed by atoms with Gasteiger partial charge < -0.3 is 19.7 Å². The summed E-state index contributed by atoms with van der Waals surface area (Å²) in [5, 5.41) is 2.46. The minimum atomic E-state index is -1.36. The summed E-state index contributed by atoms with van der Waals surface area (Å²) in [4.78, 5) is 25.0. The molecule has 1 heterocycles. The molecule has 6 nitrogen and oxygen atoms in total. The van der Waals surface area contributed by atoms with Crippen molar-refractivity contribution in [1.29, 1.82) is 0 Å². The summed E-state index contributed by atoms with van der Waals surface area (Å²) >= 11 is 0. The van der Waals surface area contributed by atoms with Crippen LogP contribution in [-0.2, 0) is 16.1 Å². The lowest BCUT2D eigenvalue weighted by Gasteiger charge is -2.24. The third-order valence-electron chi connectivity index (χ3n) is 3.42. The summed E-state index contributed by atoms with van der Waals surface area (Å²) in [6.07, 6.45) is -2.66. The highest BCUT2D eigenvalue weighted by Gasteiger charge is 2.38. The van der Waals surface area contributed by atoms with Gasteiger partial charge in [0.05, 0.1) is 12.6 Å². The number of halogens is 1. The largest absolute Gasteiger partial charge is 0.445 e. The Labute approximate surface area is 140 Å². The van der Waals surface area contributed by atoms with Crippen LogP contribution in [0.15, 0.2) is 30.3 Å². The topological polar surface area (TPSA) is 67.9 Å². The molecule has 0 unspecified atom stereocenters. The van der Waals surface area contributed by atoms with Gasteiger partial charge in [-0.25, -0.2) is 14.0 Å². The molecular formula is C17H23FN2O4. The van der Waals surface area contributed by atoms with Crippen molar-refractivity contribution in [3.63, 3.8) is 0 Å². The van der Waals surface area contributed by atoms with Crippen molar-refractivity contribution in [2.45, 2.75) is 45.2 Å². The molecule has 0 aromatic heterocycles. The molecule has 0 bridgehead atoms. The second kappa shape index (κ2) is 7.51. The Kier molecular flexibility index (Phi) is 5.64. The molecule has 1 aliphatic heterocycles. The molecule has 0 aliphatic carbocycles. The standard InChI is InChI=1S/C17H23FN2O4/c1-17(2,3)24-16(22)20-9-13(18)14(10-20)19-15(21)23-11-12-7-5-4-6-8-12/h4-8,13-14H,9-11H2,1-3H3,(H,19,21)/t13-,14+/m0/s1. The molecule has 2 amide bonds. The summed E-state index contributed by atoms with van der Waals surface area (Å²) in [5.74, 6) is 0. The fraction of sp³-hybridized carbons (Fsp3) is 0.529. The van der Waals surface area contributed by atoms with Crippen LogP contribution in [0, 0.1) is 0 Å². The molecule has 1 aromatic rings. The molecule has 1 N–H and O–H groups in total. The molecule has 2 atom stereocenters. The minimum Gasteiger partial charge on any atom is -0.445 e. The summed E-state index contributed by atoms with van der Waals surface area (Å²) in [6, 6.07) is 8.38. The van der Waals surface area contributed by atoms with Gasteiger partial charge in [-0.15, -0.1) is 0 Å². The summed E-state index contributed by atoms with van der Waals surface area (Å²) in [7, 11) is 0. The van der Waals surface area contributed by atoms with E-state index in [1.807, 2.05) is 30.3 Å². The quantitative estimate of drug-likeness (QED) is 0.920. The second-order valence-corrected chi connectivity index (χ2v) is 6.71. The zero-order valence-electron chi connectivity index (χ0n) is 14.1. The highest BCUT2D eigenvalue weighted by molar-refractivity contribution is 5.70. The molecule has 132 valence electrons. The van der Waals surface area contributed by atoms with E-state index in [-0.39, 0.29) is 19.7 Å². The number of carbonyl (C=O) groups excluding carboxylic acids is 2. The Morgan fingerprint density at radius 3 is 2.54 bits per heavy atom. The van der Waals surface area contributed by atoms with Crippen molar-refractivity contribution in [2.24, 2.45) is 0 Å². The first-order valence-electron chi connectivity index (χ1n) is 7.84. The van der Waals surface area contributed by atoms with Crippen LogP contribution in [0.2, 0.25) is 0 Å². The van der Waals surface area contributed by atoms with E-state index in [0.717, 1.165) is 5.56 Å². The lowest BCUT2D eigenvalue weighted by molar-refractivity contribution is 0.0281. The van der Waals surface area contributed by atoms with Crippen LogP contribution in [0.25, 0.3) is 0 Å². The first-order chi connectivity index (χ1) is 11.2. The molecule has 1 aromatic carbocycles. The van der Waals surface area contributed by atoms with Gasteiger partial charge in [-0.3, -0.25) is 0 Å². The smallest absolute Gasteiger partial charge is 0.410 e. The van der Waals surface area contributed by atoms with Gasteiger partial charge in [0.1, 0.15) is 18.4 Å². The van der Waals surface area contributed by atoms with E-state index in [2.05, 4.69) is 5.32 Å². The van der Waals surface area contributed by atoms with E-state index in [1.54, 1.807) is 20.8 Å². The van der Waals surface area contributed by atoms with Gasteiger partial charge in [0.2, 0.25) is 0 Å². The summed E-state index contributed by atoms with van der Waals surface area (Å²) in [5.41, 5.74) is 0.189. The number of ether oxygens (including phenoxy) is 2. The second-order valence-electron chi connectivity index (χ2n) is 6.71. The van der Waals surface area contributed by atoms with Crippen LogP contribution in [0.4, 0.5) is 14.0 Å². The average molecular weight is 338 g/mol. The fourth-order valence-electron chi connectivity index (χ4n) is 2.29. The van der Waals surface area contributed by atoms with Gasteiger partial charge in [0.25, 0.3) is 0 Å². The number of amides is 2. The molecule has 1 saturated heterocycles. The van der Waals surface area contributed by atoms with E-state index >= 15 is 0 Å². The van der Waals surface area contributed by atoms with Crippen molar-refractivity contribution in [3.8, 4) is 0 Å². The number of alkyl carbamates (subject to hydrolysis) is 1. The van der Waals surface area contributed by atoms with Crippen LogP contribution < -0.4 is 5.32 Å². The average Bonchev–Trinajstić information content (AvgIpc) is 2.86. The normalized spacial score (nSPS) is 20.6. The lowest BCUT2D eigenvalue weighted by atomic mass is 10.2. The van der Waals surface area contributed by atoms with Crippen molar-refractivity contribution in [1.82, 2.24) is 10.2 Å². The maximum absolute atomic E-state index is 14.0. The predicted octanol–water partition coefficient (Wildman–Crippen LogP) is 2.87. The molecule has 0 spiro atoms. The number of carbonyl (C=O) groups is 2. The van der Waals surface area contributed by atoms with E-state index in [9.17, 15) is 14.0 Å². The van der Waals surface area contributed by atoms with E-state index in [4.69, 9.17) is 9.47 Å². The molecule has 7 heteroatoms. The van der Waals surface area contributed by atoms with Crippen molar-refractivity contribution < 1.29 is 23.5 Å². The fourth-order valence-corrected chi connectivity index (χ4v) is 2.29. The monoisotopic (exact) mass is 338 g/mol. The summed E-state index contributed by atoms with van der Waals surface area (Å²) < 4.78 is 24.3. The number of alkyl halides is 1. The van der Waals surface area contributed by atoms with Crippen LogP contribution in [0.1, 0.15) is 26.3 Å². The third-order valence-corrected chi connectivity index (χ3v) is 3.42. The Morgan fingerprint density at radius 1 is 1.25 bits per heavy atom. The van der Waals surface area contributed by atoms with Gasteiger partial charge in [-0.1, -0.05) is 30.3 Å². The number of nitrogens with one attached hydrogen (secondary N) is 1. The van der Waals surface area contributed by atoms with Crippen molar-refractivity contribution in [3.05, 3.63) is 35.9 Å². The van der Waals surface area contributed by atoms with Gasteiger partial charge in [0.15, 0.2) is 0 Å². The summed E-state index contributed by atoms with van der Waals surface area (Å²) in [6.45, 7) is 5.26. The maximum Gasteiger partial charge on any atom is 0.410 e. The Hall–Kier alpha value is -2.31. The zero-order chi connectivity index (χ0) is 17.7. The Balaban J connectivity index is 1.80. The van der Waals surface area contributed by atoms with Crippen molar-refractivity contribution in [2.75, 3.05) is 13.1 Å². The van der Waals surface area contributed by atoms with Crippen LogP contribution in [0.5, 0.6) is 0 Å². The van der Waals surface area contributed by atoms with Gasteiger partial charge in [0, 0.05) is 6.54 Å². The number of benzene rings is 1. The number of hydrogen-bond acceptors (Lipinski definition) is 4. The molecule has 1 fully saturated rings. The highest BCUT2D eigenvalue weighted by Crippen LogP contribution is 2.18. The molecule has 0 saturated carbocycles. The predicted molar refractivity (Wildman–Crippen MR) is 86.3 cm³/mol. The SMILES string of the molecule is CC(C)(C)OC(=O)N1C[C@H](F)[C@H](NC(=O)OCc2ccccc2)C1. The lowest BCUT2D eigenvalue weighted by Crippen LogP contribution is -2.42. The maximum atomic E-state index is 14.0. The number of hydrogen-bond donors (Lipinski definition) is 1. The molecule has 24 heavy (non-hydrogen) atoms. The van der Waals surface area contributed by atoms with Gasteiger partial charge >= 0.3 is 12.2 Å². The molecular weight excluding hydrogens is 315 g/mol. The van der Waals surface area contributed by atoms with Crippen LogP contribution >= 0.6 is 0 Å². The Morgan fingerprint density at radius 2 is 1.92 bits per heavy atom. The number of nitrogens with zero attached hydrogens (tertiary/aromatic N) is 1. The first kappa shape index (κ1) is 18.0. The van der Waals surface area contributed by atoms with Crippen LogP contribution in [0.3, 0.4) is 0 Å². The van der Waals surface area contributed by atoms with Crippen LogP contribution in [-0.4, -0.2) is 48.0 Å². The minimum absolute atomic E-state index is 0.0521. The van der Waals surface area contributed by atoms with E-state index < -0.39 is 30.0 Å². The first-order valence-corrected chi connectivity index (χ1v) is 7.84. The molecule has 1 aliphatic rings. The third kappa shape index (κ3) is 5.40. The zero-order valence-corrected chi connectivity index (χ0v) is 14.1. The van der Waals surface area contributed by atoms with E-state index in [1.165, 1.54) is 4.90 Å². The van der Waals surface area contributed by atoms with Crippen molar-refractivity contribution >= 4 is 12.2 Å². The molecule has 0 radical (unpaired) electrons. The van der Waals surface area contributed by atoms with E-state index in [0.29, 0.717) is 0 Å². The van der Waals surface area contributed by atoms with Gasteiger partial charge in [-0.2, -0.15) is 0 Å². The number of likely N-dealkylation sites (tertiary alicyclic amines) is 1. The Bertz CT molecular complexity index is 574. The number of rotatable bonds is 3. The molecule has 2 rings (SSSR count).